The number of methoxy groups -OCH3 is 1. The molecule has 0 radical (unpaired) electrons. The van der Waals surface area contributed by atoms with Gasteiger partial charge in [0.25, 0.3) is 0 Å². The molecule has 0 spiro atoms. The van der Waals surface area contributed by atoms with E-state index in [1.807, 2.05) is 30.3 Å². The monoisotopic (exact) mass is 248 g/mol. The first-order valence-corrected chi connectivity index (χ1v) is 6.18. The molecule has 1 aromatic rings. The van der Waals surface area contributed by atoms with E-state index in [4.69, 9.17) is 14.8 Å². The van der Waals surface area contributed by atoms with E-state index in [0.717, 1.165) is 16.5 Å². The summed E-state index contributed by atoms with van der Waals surface area (Å²) in [6.07, 6.45) is 0.186. The molecule has 1 aliphatic heterocycles. The molecular weight excluding hydrogens is 236 g/mol. The van der Waals surface area contributed by atoms with E-state index in [1.165, 1.54) is 5.56 Å². The molecule has 0 fully saturated rings. The number of ether oxygens (including phenoxy) is 1. The van der Waals surface area contributed by atoms with Crippen LogP contribution in [-0.4, -0.2) is 18.3 Å². The first-order valence-electron chi connectivity index (χ1n) is 5.20. The van der Waals surface area contributed by atoms with Crippen molar-refractivity contribution < 1.29 is 9.57 Å². The molecule has 4 nitrogen and oxygen atoms in total. The van der Waals surface area contributed by atoms with Crippen molar-refractivity contribution in [3.05, 3.63) is 29.8 Å². The highest BCUT2D eigenvalue weighted by atomic mass is 32.2. The third kappa shape index (κ3) is 3.14. The van der Waals surface area contributed by atoms with E-state index in [1.54, 1.807) is 18.9 Å². The summed E-state index contributed by atoms with van der Waals surface area (Å²) in [6.45, 7) is 0. The summed E-state index contributed by atoms with van der Waals surface area (Å²) in [5.41, 5.74) is 1.19. The lowest BCUT2D eigenvalue weighted by Gasteiger charge is -2.02. The van der Waals surface area contributed by atoms with E-state index in [-0.39, 0.29) is 0 Å². The maximum atomic E-state index is 8.66. The van der Waals surface area contributed by atoms with Crippen LogP contribution >= 0.6 is 11.8 Å². The van der Waals surface area contributed by atoms with Crippen LogP contribution in [0.3, 0.4) is 0 Å². The summed E-state index contributed by atoms with van der Waals surface area (Å²) < 4.78 is 5.09. The van der Waals surface area contributed by atoms with Crippen molar-refractivity contribution in [1.82, 2.24) is 0 Å². The minimum atomic E-state index is -0.409. The Hall–Kier alpha value is -1.67. The minimum absolute atomic E-state index is 0.409. The Labute approximate surface area is 104 Å². The van der Waals surface area contributed by atoms with Crippen molar-refractivity contribution in [2.75, 3.05) is 7.11 Å². The molecule has 1 aliphatic rings. The Morgan fingerprint density at radius 1 is 1.53 bits per heavy atom. The predicted octanol–water partition coefficient (Wildman–Crippen LogP) is 2.55. The highest BCUT2D eigenvalue weighted by Gasteiger charge is 2.20. The quantitative estimate of drug-likeness (QED) is 0.825. The van der Waals surface area contributed by atoms with Crippen molar-refractivity contribution >= 4 is 16.8 Å². The Morgan fingerprint density at radius 2 is 2.29 bits per heavy atom. The molecule has 0 saturated heterocycles. The zero-order valence-corrected chi connectivity index (χ0v) is 10.2. The molecule has 2 rings (SSSR count). The molecule has 1 unspecified atom stereocenters. The molecule has 1 aromatic carbocycles. The molecule has 0 aromatic heterocycles. The van der Waals surface area contributed by atoms with Crippen molar-refractivity contribution in [3.63, 3.8) is 0 Å². The highest BCUT2D eigenvalue weighted by Crippen LogP contribution is 2.23. The van der Waals surface area contributed by atoms with Crippen LogP contribution in [0.5, 0.6) is 5.75 Å². The molecule has 1 atom stereocenters. The number of oxime groups is 1. The largest absolute Gasteiger partial charge is 0.497 e. The zero-order valence-electron chi connectivity index (χ0n) is 9.42. The lowest BCUT2D eigenvalue weighted by molar-refractivity contribution is 0.125. The van der Waals surface area contributed by atoms with Gasteiger partial charge in [-0.25, -0.2) is 0 Å². The van der Waals surface area contributed by atoms with Crippen LogP contribution in [0.15, 0.2) is 29.4 Å². The summed E-state index contributed by atoms with van der Waals surface area (Å²) in [4.78, 5) is 4.93. The van der Waals surface area contributed by atoms with E-state index in [9.17, 15) is 0 Å². The number of hydrogen-bond acceptors (Lipinski definition) is 5. The number of thioether (sulfide) groups is 1. The molecular formula is C12H12N2O2S. The van der Waals surface area contributed by atoms with Crippen LogP contribution in [0.2, 0.25) is 0 Å². The van der Waals surface area contributed by atoms with Gasteiger partial charge in [0.15, 0.2) is 0 Å². The first kappa shape index (κ1) is 11.8. The van der Waals surface area contributed by atoms with E-state index in [0.29, 0.717) is 6.42 Å². The Morgan fingerprint density at radius 3 is 2.88 bits per heavy atom. The van der Waals surface area contributed by atoms with Gasteiger partial charge in [0.1, 0.15) is 16.9 Å². The number of nitriles is 1. The fourth-order valence-electron chi connectivity index (χ4n) is 1.40. The van der Waals surface area contributed by atoms with Crippen molar-refractivity contribution in [1.29, 1.82) is 5.26 Å². The smallest absolute Gasteiger partial charge is 0.218 e. The molecule has 0 saturated carbocycles. The van der Waals surface area contributed by atoms with Gasteiger partial charge in [0, 0.05) is 5.75 Å². The lowest BCUT2D eigenvalue weighted by atomic mass is 10.2. The van der Waals surface area contributed by atoms with Gasteiger partial charge in [0.2, 0.25) is 6.10 Å². The summed E-state index contributed by atoms with van der Waals surface area (Å²) in [7, 11) is 1.65. The third-order valence-corrected chi connectivity index (χ3v) is 3.40. The first-order chi connectivity index (χ1) is 8.31. The van der Waals surface area contributed by atoms with Gasteiger partial charge in [-0.1, -0.05) is 17.3 Å². The molecule has 0 aliphatic carbocycles. The Kier molecular flexibility index (Phi) is 3.89. The fraction of sp³-hybridized carbons (Fsp3) is 0.333. The van der Waals surface area contributed by atoms with Gasteiger partial charge in [-0.15, -0.1) is 11.8 Å². The fourth-order valence-corrected chi connectivity index (χ4v) is 2.29. The van der Waals surface area contributed by atoms with Gasteiger partial charge >= 0.3 is 0 Å². The molecule has 0 amide bonds. The number of nitrogens with zero attached hydrogens (tertiary/aromatic N) is 2. The summed E-state index contributed by atoms with van der Waals surface area (Å²) in [5, 5.41) is 13.4. The van der Waals surface area contributed by atoms with Crippen LogP contribution in [0.4, 0.5) is 0 Å². The van der Waals surface area contributed by atoms with Gasteiger partial charge in [-0.05, 0) is 17.7 Å². The maximum Gasteiger partial charge on any atom is 0.218 e. The van der Waals surface area contributed by atoms with Crippen molar-refractivity contribution in [3.8, 4) is 11.8 Å². The summed E-state index contributed by atoms with van der Waals surface area (Å²) in [6, 6.07) is 9.94. The van der Waals surface area contributed by atoms with E-state index >= 15 is 0 Å². The van der Waals surface area contributed by atoms with Crippen LogP contribution in [0.1, 0.15) is 12.0 Å². The lowest BCUT2D eigenvalue weighted by Crippen LogP contribution is -2.02. The number of benzene rings is 1. The van der Waals surface area contributed by atoms with Crippen LogP contribution < -0.4 is 4.74 Å². The van der Waals surface area contributed by atoms with E-state index in [2.05, 4.69) is 5.16 Å². The van der Waals surface area contributed by atoms with Crippen LogP contribution in [0, 0.1) is 11.3 Å². The highest BCUT2D eigenvalue weighted by molar-refractivity contribution is 8.13. The number of hydrogen-bond donors (Lipinski definition) is 0. The molecule has 5 heteroatoms. The van der Waals surface area contributed by atoms with Crippen molar-refractivity contribution in [2.24, 2.45) is 5.16 Å². The Bertz CT molecular complexity index is 451. The van der Waals surface area contributed by atoms with Gasteiger partial charge in [-0.2, -0.15) is 5.26 Å². The summed E-state index contributed by atoms with van der Waals surface area (Å²) >= 11 is 1.60. The van der Waals surface area contributed by atoms with Gasteiger partial charge in [-0.3, -0.25) is 0 Å². The topological polar surface area (TPSA) is 54.6 Å². The van der Waals surface area contributed by atoms with Crippen LogP contribution in [0.25, 0.3) is 0 Å². The minimum Gasteiger partial charge on any atom is -0.497 e. The second-order valence-corrected chi connectivity index (χ2v) is 4.60. The predicted molar refractivity (Wildman–Crippen MR) is 66.8 cm³/mol. The SMILES string of the molecule is COc1ccc(CSC2=NOC(C#N)C2)cc1. The normalized spacial score (nSPS) is 18.1. The second kappa shape index (κ2) is 5.60. The summed E-state index contributed by atoms with van der Waals surface area (Å²) in [5.74, 6) is 1.68. The molecule has 17 heavy (non-hydrogen) atoms. The van der Waals surface area contributed by atoms with Crippen molar-refractivity contribution in [2.45, 2.75) is 18.3 Å². The molecule has 0 N–H and O–H groups in total. The molecule has 88 valence electrons. The van der Waals surface area contributed by atoms with Gasteiger partial charge in [0.05, 0.1) is 13.5 Å². The second-order valence-electron chi connectivity index (χ2n) is 3.55. The Balaban J connectivity index is 1.84. The average molecular weight is 248 g/mol. The number of rotatable bonds is 3. The maximum absolute atomic E-state index is 8.66. The third-order valence-electron chi connectivity index (χ3n) is 2.35. The average Bonchev–Trinajstić information content (AvgIpc) is 2.85. The van der Waals surface area contributed by atoms with Gasteiger partial charge < -0.3 is 9.57 Å². The molecule has 0 bridgehead atoms. The van der Waals surface area contributed by atoms with E-state index < -0.39 is 6.10 Å². The zero-order chi connectivity index (χ0) is 12.1. The standard InChI is InChI=1S/C12H12N2O2S/c1-15-10-4-2-9(3-5-10)8-17-12-6-11(7-13)16-14-12/h2-5,11H,6,8H2,1H3. The molecule has 1 heterocycles. The van der Waals surface area contributed by atoms with Crippen LogP contribution in [-0.2, 0) is 10.6 Å².